The minimum atomic E-state index is -0.578. The van der Waals surface area contributed by atoms with Crippen molar-refractivity contribution in [1.82, 2.24) is 5.32 Å². The smallest absolute Gasteiger partial charge is 0.407 e. The molecule has 1 heterocycles. The number of nitrogens with two attached hydrogens (primary N) is 1. The molecule has 0 fully saturated rings. The molecule has 1 atom stereocenters. The number of nitrogens with one attached hydrogen (secondary N) is 1. The van der Waals surface area contributed by atoms with Crippen molar-refractivity contribution in [3.05, 3.63) is 27.1 Å². The van der Waals surface area contributed by atoms with E-state index in [-0.39, 0.29) is 17.6 Å². The van der Waals surface area contributed by atoms with E-state index in [1.807, 2.05) is 0 Å². The van der Waals surface area contributed by atoms with Gasteiger partial charge in [-0.3, -0.25) is 10.1 Å². The Balaban J connectivity index is 2.58. The minimum absolute atomic E-state index is 0.0769. The molecule has 0 radical (unpaired) electrons. The number of rotatable bonds is 5. The van der Waals surface area contributed by atoms with Crippen molar-refractivity contribution < 1.29 is 14.5 Å². The van der Waals surface area contributed by atoms with E-state index in [0.29, 0.717) is 6.42 Å². The Morgan fingerprint density at radius 3 is 2.65 bits per heavy atom. The fourth-order valence-corrected chi connectivity index (χ4v) is 2.38. The van der Waals surface area contributed by atoms with Crippen molar-refractivity contribution >= 4 is 22.4 Å². The molecule has 7 nitrogen and oxygen atoms in total. The number of nitrogens with zero attached hydrogens (tertiary/aromatic N) is 1. The lowest BCUT2D eigenvalue weighted by Crippen LogP contribution is -2.44. The fraction of sp³-hybridized carbons (Fsp3) is 0.583. The van der Waals surface area contributed by atoms with Gasteiger partial charge >= 0.3 is 11.1 Å². The number of hydrogen-bond acceptors (Lipinski definition) is 6. The van der Waals surface area contributed by atoms with Gasteiger partial charge in [-0.15, -0.1) is 0 Å². The van der Waals surface area contributed by atoms with Gasteiger partial charge in [0.05, 0.1) is 4.92 Å². The molecule has 0 aliphatic rings. The van der Waals surface area contributed by atoms with Crippen LogP contribution in [0.5, 0.6) is 0 Å². The van der Waals surface area contributed by atoms with E-state index < -0.39 is 16.6 Å². The Morgan fingerprint density at radius 2 is 2.20 bits per heavy atom. The number of amides is 1. The average Bonchev–Trinajstić information content (AvgIpc) is 2.74. The zero-order chi connectivity index (χ0) is 15.3. The lowest BCUT2D eigenvalue weighted by molar-refractivity contribution is -0.380. The van der Waals surface area contributed by atoms with Gasteiger partial charge in [0.1, 0.15) is 5.60 Å². The molecule has 1 unspecified atom stereocenters. The van der Waals surface area contributed by atoms with Gasteiger partial charge in [0.15, 0.2) is 0 Å². The van der Waals surface area contributed by atoms with Crippen molar-refractivity contribution in [3.8, 4) is 0 Å². The summed E-state index contributed by atoms with van der Waals surface area (Å²) in [4.78, 5) is 22.6. The molecule has 8 heteroatoms. The van der Waals surface area contributed by atoms with Crippen LogP contribution < -0.4 is 11.1 Å². The summed E-state index contributed by atoms with van der Waals surface area (Å²) in [5.41, 5.74) is 5.02. The maximum atomic E-state index is 11.6. The summed E-state index contributed by atoms with van der Waals surface area (Å²) in [6, 6.07) is 2.80. The Hall–Kier alpha value is -1.67. The first-order chi connectivity index (χ1) is 9.21. The molecular formula is C12H19N3O4S. The second-order valence-corrected chi connectivity index (χ2v) is 6.43. The number of alkyl carbamates (subject to hydrolysis) is 1. The van der Waals surface area contributed by atoms with Crippen molar-refractivity contribution in [3.63, 3.8) is 0 Å². The van der Waals surface area contributed by atoms with Crippen LogP contribution in [-0.2, 0) is 11.2 Å². The zero-order valence-corrected chi connectivity index (χ0v) is 12.5. The zero-order valence-electron chi connectivity index (χ0n) is 11.7. The van der Waals surface area contributed by atoms with E-state index in [9.17, 15) is 14.9 Å². The number of carbonyl (C=O) groups is 1. The number of carbonyl (C=O) groups excluding carboxylic acids is 1. The maximum absolute atomic E-state index is 11.6. The normalized spacial score (nSPS) is 12.8. The highest BCUT2D eigenvalue weighted by atomic mass is 32.1. The second-order valence-electron chi connectivity index (χ2n) is 5.28. The van der Waals surface area contributed by atoms with Gasteiger partial charge < -0.3 is 15.8 Å². The molecule has 20 heavy (non-hydrogen) atoms. The Bertz CT molecular complexity index is 481. The molecule has 0 aliphatic heterocycles. The van der Waals surface area contributed by atoms with E-state index in [4.69, 9.17) is 10.5 Å². The summed E-state index contributed by atoms with van der Waals surface area (Å²) < 4.78 is 5.14. The van der Waals surface area contributed by atoms with Crippen LogP contribution in [0.15, 0.2) is 12.1 Å². The van der Waals surface area contributed by atoms with Crippen molar-refractivity contribution in [2.24, 2.45) is 5.73 Å². The first kappa shape index (κ1) is 16.4. The molecule has 1 aromatic heterocycles. The third-order valence-electron chi connectivity index (χ3n) is 2.28. The average molecular weight is 301 g/mol. The molecule has 1 amide bonds. The Morgan fingerprint density at radius 1 is 1.55 bits per heavy atom. The highest BCUT2D eigenvalue weighted by Crippen LogP contribution is 2.24. The quantitative estimate of drug-likeness (QED) is 0.639. The van der Waals surface area contributed by atoms with E-state index in [1.54, 1.807) is 26.8 Å². The monoisotopic (exact) mass is 301 g/mol. The predicted molar refractivity (Wildman–Crippen MR) is 76.9 cm³/mol. The Labute approximate surface area is 121 Å². The van der Waals surface area contributed by atoms with Gasteiger partial charge in [0.25, 0.3) is 0 Å². The van der Waals surface area contributed by atoms with Crippen molar-refractivity contribution in [1.29, 1.82) is 0 Å². The van der Waals surface area contributed by atoms with Crippen LogP contribution in [-0.4, -0.2) is 29.2 Å². The van der Waals surface area contributed by atoms with Crippen LogP contribution in [0, 0.1) is 10.1 Å². The SMILES string of the molecule is CC(C)(C)OC(=O)NC(CN)Cc1ccc([N+](=O)[O-])s1. The van der Waals surface area contributed by atoms with Crippen LogP contribution in [0.25, 0.3) is 0 Å². The molecule has 1 rings (SSSR count). The lowest BCUT2D eigenvalue weighted by Gasteiger charge is -2.22. The van der Waals surface area contributed by atoms with Crippen LogP contribution in [0.2, 0.25) is 0 Å². The van der Waals surface area contributed by atoms with Crippen molar-refractivity contribution in [2.75, 3.05) is 6.54 Å². The number of ether oxygens (including phenoxy) is 1. The van der Waals surface area contributed by atoms with Crippen LogP contribution in [0.4, 0.5) is 9.80 Å². The molecule has 112 valence electrons. The summed E-state index contributed by atoms with van der Waals surface area (Å²) in [6.07, 6.45) is -0.104. The van der Waals surface area contributed by atoms with E-state index >= 15 is 0 Å². The molecule has 0 bridgehead atoms. The number of thiophene rings is 1. The molecule has 0 aliphatic carbocycles. The van der Waals surface area contributed by atoms with Crippen LogP contribution in [0.3, 0.4) is 0 Å². The predicted octanol–water partition coefficient (Wildman–Crippen LogP) is 2.05. The number of nitro groups is 1. The third-order valence-corrected chi connectivity index (χ3v) is 3.34. The third kappa shape index (κ3) is 5.54. The maximum Gasteiger partial charge on any atom is 0.407 e. The molecule has 0 saturated heterocycles. The lowest BCUT2D eigenvalue weighted by atomic mass is 10.2. The van der Waals surface area contributed by atoms with Crippen molar-refractivity contribution in [2.45, 2.75) is 38.8 Å². The van der Waals surface area contributed by atoms with Gasteiger partial charge in [0.2, 0.25) is 0 Å². The van der Waals surface area contributed by atoms with E-state index in [0.717, 1.165) is 16.2 Å². The van der Waals surface area contributed by atoms with Crippen LogP contribution >= 0.6 is 11.3 Å². The molecule has 3 N–H and O–H groups in total. The topological polar surface area (TPSA) is 107 Å². The molecule has 0 saturated carbocycles. The van der Waals surface area contributed by atoms with Gasteiger partial charge in [-0.2, -0.15) is 0 Å². The Kier molecular flexibility index (Phi) is 5.46. The molecule has 0 spiro atoms. The summed E-state index contributed by atoms with van der Waals surface area (Å²) >= 11 is 1.08. The minimum Gasteiger partial charge on any atom is -0.444 e. The highest BCUT2D eigenvalue weighted by molar-refractivity contribution is 7.15. The fourth-order valence-electron chi connectivity index (χ4n) is 1.48. The molecule has 1 aromatic rings. The second kappa shape index (κ2) is 6.67. The van der Waals surface area contributed by atoms with Crippen LogP contribution in [0.1, 0.15) is 25.6 Å². The first-order valence-corrected chi connectivity index (χ1v) is 6.95. The summed E-state index contributed by atoms with van der Waals surface area (Å²) in [7, 11) is 0. The van der Waals surface area contributed by atoms with Gasteiger partial charge in [-0.25, -0.2) is 4.79 Å². The highest BCUT2D eigenvalue weighted by Gasteiger charge is 2.20. The standard InChI is InChI=1S/C12H19N3O4S/c1-12(2,3)19-11(16)14-8(7-13)6-9-4-5-10(20-9)15(17)18/h4-5,8H,6-7,13H2,1-3H3,(H,14,16). The molecular weight excluding hydrogens is 282 g/mol. The number of hydrogen-bond donors (Lipinski definition) is 2. The summed E-state index contributed by atoms with van der Waals surface area (Å²) in [5.74, 6) is 0. The largest absolute Gasteiger partial charge is 0.444 e. The van der Waals surface area contributed by atoms with Gasteiger partial charge in [0, 0.05) is 30.0 Å². The summed E-state index contributed by atoms with van der Waals surface area (Å²) in [5, 5.41) is 13.3. The summed E-state index contributed by atoms with van der Waals surface area (Å²) in [6.45, 7) is 5.54. The molecule has 0 aromatic carbocycles. The van der Waals surface area contributed by atoms with Gasteiger partial charge in [-0.05, 0) is 26.8 Å². The van der Waals surface area contributed by atoms with Gasteiger partial charge in [-0.1, -0.05) is 11.3 Å². The van der Waals surface area contributed by atoms with E-state index in [2.05, 4.69) is 5.32 Å². The first-order valence-electron chi connectivity index (χ1n) is 6.14. The van der Waals surface area contributed by atoms with E-state index in [1.165, 1.54) is 6.07 Å².